The van der Waals surface area contributed by atoms with Crippen LogP contribution < -0.4 is 4.90 Å². The van der Waals surface area contributed by atoms with Crippen LogP contribution >= 0.6 is 0 Å². The number of imide groups is 1. The Morgan fingerprint density at radius 1 is 1.18 bits per heavy atom. The molecule has 28 heavy (non-hydrogen) atoms. The molecule has 1 aromatic carbocycles. The number of nitrogens with zero attached hydrogens (tertiary/aromatic N) is 2. The van der Waals surface area contributed by atoms with E-state index in [9.17, 15) is 19.2 Å². The second-order valence-electron chi connectivity index (χ2n) is 7.33. The number of amides is 3. The van der Waals surface area contributed by atoms with Gasteiger partial charge in [-0.1, -0.05) is 6.92 Å². The van der Waals surface area contributed by atoms with E-state index in [0.717, 1.165) is 17.7 Å². The molecule has 0 bridgehead atoms. The summed E-state index contributed by atoms with van der Waals surface area (Å²) in [6, 6.07) is 5.30. The van der Waals surface area contributed by atoms with Gasteiger partial charge in [-0.15, -0.1) is 0 Å². The first-order valence-electron chi connectivity index (χ1n) is 9.85. The van der Waals surface area contributed by atoms with Gasteiger partial charge in [0.25, 0.3) is 5.91 Å². The summed E-state index contributed by atoms with van der Waals surface area (Å²) in [5, 5.41) is 0. The molecule has 0 N–H and O–H groups in total. The summed E-state index contributed by atoms with van der Waals surface area (Å²) >= 11 is 0. The molecule has 1 aliphatic heterocycles. The Morgan fingerprint density at radius 2 is 1.82 bits per heavy atom. The largest absolute Gasteiger partial charge is 0.462 e. The van der Waals surface area contributed by atoms with Crippen molar-refractivity contribution in [2.45, 2.75) is 58.5 Å². The van der Waals surface area contributed by atoms with Crippen molar-refractivity contribution >= 4 is 29.4 Å². The van der Waals surface area contributed by atoms with Gasteiger partial charge in [-0.3, -0.25) is 14.4 Å². The lowest BCUT2D eigenvalue weighted by atomic mass is 10.1. The predicted molar refractivity (Wildman–Crippen MR) is 103 cm³/mol. The van der Waals surface area contributed by atoms with Crippen LogP contribution in [0.2, 0.25) is 0 Å². The zero-order valence-corrected chi connectivity index (χ0v) is 16.5. The maximum Gasteiger partial charge on any atom is 0.338 e. The minimum Gasteiger partial charge on any atom is -0.462 e. The molecular formula is C21H26N2O5. The van der Waals surface area contributed by atoms with Gasteiger partial charge in [0.05, 0.1) is 24.3 Å². The van der Waals surface area contributed by atoms with Crippen molar-refractivity contribution in [1.82, 2.24) is 4.90 Å². The summed E-state index contributed by atoms with van der Waals surface area (Å²) in [4.78, 5) is 53.0. The molecule has 7 heteroatoms. The maximum absolute atomic E-state index is 13.1. The van der Waals surface area contributed by atoms with Crippen LogP contribution in [0.25, 0.3) is 0 Å². The number of esters is 1. The fraction of sp³-hybridized carbons (Fsp3) is 0.524. The molecule has 1 aromatic rings. The molecule has 3 amide bonds. The monoisotopic (exact) mass is 386 g/mol. The molecule has 1 saturated carbocycles. The van der Waals surface area contributed by atoms with E-state index in [4.69, 9.17) is 4.74 Å². The minimum absolute atomic E-state index is 0.0126. The molecular weight excluding hydrogens is 360 g/mol. The maximum atomic E-state index is 13.1. The minimum atomic E-state index is -0.764. The normalized spacial score (nSPS) is 20.2. The molecule has 1 aliphatic carbocycles. The summed E-state index contributed by atoms with van der Waals surface area (Å²) in [5.41, 5.74) is 0.750. The average Bonchev–Trinajstić information content (AvgIpc) is 3.49. The third-order valence-corrected chi connectivity index (χ3v) is 5.34. The summed E-state index contributed by atoms with van der Waals surface area (Å²) in [6.45, 7) is 5.87. The van der Waals surface area contributed by atoms with Gasteiger partial charge in [-0.2, -0.15) is 0 Å². The van der Waals surface area contributed by atoms with E-state index in [1.807, 2.05) is 13.8 Å². The lowest BCUT2D eigenvalue weighted by Crippen LogP contribution is -2.50. The molecule has 7 nitrogen and oxygen atoms in total. The molecule has 1 heterocycles. The predicted octanol–water partition coefficient (Wildman–Crippen LogP) is 2.53. The first kappa shape index (κ1) is 20.0. The number of hydrogen-bond donors (Lipinski definition) is 0. The van der Waals surface area contributed by atoms with Crippen LogP contribution in [0.1, 0.15) is 56.8 Å². The standard InChI is InChI=1S/C21H26N2O5/c1-4-13(3)22(19(25)14-6-7-14)17-12-18(24)23(20(17)26)16-10-8-15(9-11-16)21(27)28-5-2/h8-11,13-14,17H,4-7,12H2,1-3H3. The Morgan fingerprint density at radius 3 is 2.36 bits per heavy atom. The van der Waals surface area contributed by atoms with Crippen molar-refractivity contribution < 1.29 is 23.9 Å². The van der Waals surface area contributed by atoms with Gasteiger partial charge in [0.1, 0.15) is 6.04 Å². The van der Waals surface area contributed by atoms with E-state index < -0.39 is 12.0 Å². The quantitative estimate of drug-likeness (QED) is 0.531. The van der Waals surface area contributed by atoms with Crippen LogP contribution in [0.3, 0.4) is 0 Å². The Bertz CT molecular complexity index is 784. The van der Waals surface area contributed by atoms with Gasteiger partial charge < -0.3 is 9.64 Å². The van der Waals surface area contributed by atoms with E-state index in [1.165, 1.54) is 12.1 Å². The highest BCUT2D eigenvalue weighted by molar-refractivity contribution is 6.23. The van der Waals surface area contributed by atoms with Crippen molar-refractivity contribution in [3.8, 4) is 0 Å². The van der Waals surface area contributed by atoms with E-state index in [0.29, 0.717) is 17.7 Å². The second-order valence-corrected chi connectivity index (χ2v) is 7.33. The Kier molecular flexibility index (Phi) is 5.82. The smallest absolute Gasteiger partial charge is 0.338 e. The van der Waals surface area contributed by atoms with E-state index in [2.05, 4.69) is 0 Å². The summed E-state index contributed by atoms with van der Waals surface area (Å²) in [7, 11) is 0. The Labute approximate surface area is 164 Å². The van der Waals surface area contributed by atoms with Crippen LogP contribution in [0, 0.1) is 5.92 Å². The van der Waals surface area contributed by atoms with Gasteiger partial charge in [0.2, 0.25) is 11.8 Å². The van der Waals surface area contributed by atoms with E-state index >= 15 is 0 Å². The fourth-order valence-electron chi connectivity index (χ4n) is 3.48. The number of carbonyl (C=O) groups excluding carboxylic acids is 4. The van der Waals surface area contributed by atoms with Crippen LogP contribution in [0.5, 0.6) is 0 Å². The molecule has 150 valence electrons. The highest BCUT2D eigenvalue weighted by Crippen LogP contribution is 2.35. The van der Waals surface area contributed by atoms with Gasteiger partial charge in [-0.25, -0.2) is 9.69 Å². The van der Waals surface area contributed by atoms with Crippen LogP contribution in [-0.4, -0.2) is 47.3 Å². The van der Waals surface area contributed by atoms with Gasteiger partial charge in [0.15, 0.2) is 0 Å². The molecule has 2 unspecified atom stereocenters. The van der Waals surface area contributed by atoms with E-state index in [1.54, 1.807) is 24.0 Å². The summed E-state index contributed by atoms with van der Waals surface area (Å²) in [5.74, 6) is -1.22. The Balaban J connectivity index is 1.82. The first-order valence-corrected chi connectivity index (χ1v) is 9.85. The zero-order valence-electron chi connectivity index (χ0n) is 16.5. The topological polar surface area (TPSA) is 84.0 Å². The molecule has 0 aromatic heterocycles. The molecule has 2 atom stereocenters. The molecule has 2 fully saturated rings. The highest BCUT2D eigenvalue weighted by atomic mass is 16.5. The zero-order chi connectivity index (χ0) is 20.4. The second kappa shape index (κ2) is 8.12. The van der Waals surface area contributed by atoms with Crippen molar-refractivity contribution in [2.24, 2.45) is 5.92 Å². The average molecular weight is 386 g/mol. The van der Waals surface area contributed by atoms with Crippen molar-refractivity contribution in [3.63, 3.8) is 0 Å². The Hall–Kier alpha value is -2.70. The number of carbonyl (C=O) groups is 4. The van der Waals surface area contributed by atoms with Crippen molar-refractivity contribution in [3.05, 3.63) is 29.8 Å². The van der Waals surface area contributed by atoms with Crippen LogP contribution in [-0.2, 0) is 19.1 Å². The molecule has 0 spiro atoms. The van der Waals surface area contributed by atoms with Crippen LogP contribution in [0.4, 0.5) is 5.69 Å². The molecule has 2 aliphatic rings. The van der Waals surface area contributed by atoms with E-state index in [-0.39, 0.29) is 42.7 Å². The number of anilines is 1. The lowest BCUT2D eigenvalue weighted by Gasteiger charge is -2.33. The molecule has 1 saturated heterocycles. The molecule has 3 rings (SSSR count). The van der Waals surface area contributed by atoms with Crippen molar-refractivity contribution in [2.75, 3.05) is 11.5 Å². The number of ether oxygens (including phenoxy) is 1. The number of rotatable bonds is 7. The van der Waals surface area contributed by atoms with Crippen molar-refractivity contribution in [1.29, 1.82) is 0 Å². The third kappa shape index (κ3) is 3.79. The summed E-state index contributed by atoms with van der Waals surface area (Å²) < 4.78 is 4.95. The van der Waals surface area contributed by atoms with Gasteiger partial charge in [0, 0.05) is 12.0 Å². The van der Waals surface area contributed by atoms with Gasteiger partial charge >= 0.3 is 5.97 Å². The third-order valence-electron chi connectivity index (χ3n) is 5.34. The SMILES string of the molecule is CCOC(=O)c1ccc(N2C(=O)CC(N(C(=O)C3CC3)C(C)CC)C2=O)cc1. The fourth-order valence-corrected chi connectivity index (χ4v) is 3.48. The first-order chi connectivity index (χ1) is 13.4. The van der Waals surface area contributed by atoms with Crippen LogP contribution in [0.15, 0.2) is 24.3 Å². The highest BCUT2D eigenvalue weighted by Gasteiger charge is 2.48. The summed E-state index contributed by atoms with van der Waals surface area (Å²) in [6.07, 6.45) is 2.39. The molecule has 0 radical (unpaired) electrons. The number of benzene rings is 1. The number of hydrogen-bond acceptors (Lipinski definition) is 5. The van der Waals surface area contributed by atoms with Gasteiger partial charge in [-0.05, 0) is 57.4 Å². The lowest BCUT2D eigenvalue weighted by molar-refractivity contribution is -0.141.